The van der Waals surface area contributed by atoms with E-state index in [-0.39, 0.29) is 101 Å². The maximum atomic E-state index is 13.8. The van der Waals surface area contributed by atoms with Crippen LogP contribution in [-0.4, -0.2) is 31.7 Å². The van der Waals surface area contributed by atoms with Crippen molar-refractivity contribution in [1.29, 1.82) is 0 Å². The van der Waals surface area contributed by atoms with Crippen molar-refractivity contribution in [2.75, 3.05) is 0 Å². The molecule has 6 nitrogen and oxygen atoms in total. The fourth-order valence-corrected chi connectivity index (χ4v) is 9.45. The summed E-state index contributed by atoms with van der Waals surface area (Å²) in [5.74, 6) is 0.542. The van der Waals surface area contributed by atoms with Crippen molar-refractivity contribution in [2.45, 2.75) is 107 Å². The molecule has 0 bridgehead atoms. The molecular weight excluding hydrogens is 1220 g/mol. The summed E-state index contributed by atoms with van der Waals surface area (Å²) in [5.41, 5.74) is 3.22. The zero-order valence-electron chi connectivity index (χ0n) is 39.6. The van der Waals surface area contributed by atoms with Crippen LogP contribution in [0.1, 0.15) is 107 Å². The van der Waals surface area contributed by atoms with Gasteiger partial charge in [-0.2, -0.15) is 0 Å². The van der Waals surface area contributed by atoms with Crippen molar-refractivity contribution in [3.05, 3.63) is 133 Å². The number of fused-ring (bicyclic) bond motifs is 5. The minimum absolute atomic E-state index is 0. The fraction of sp³-hybridized carbons (Fsp3) is 0.357. The Morgan fingerprint density at radius 3 is 1.21 bits per heavy atom. The summed E-state index contributed by atoms with van der Waals surface area (Å²) >= 11 is 1.63. The molecule has 0 saturated carbocycles. The number of halogens is 2. The summed E-state index contributed by atoms with van der Waals surface area (Å²) < 4.78 is 29.7. The number of pyridine rings is 2. The van der Waals surface area contributed by atoms with E-state index in [9.17, 15) is 28.6 Å². The molecule has 0 fully saturated rings. The van der Waals surface area contributed by atoms with Crippen LogP contribution in [0.3, 0.4) is 0 Å². The Bertz CT molecular complexity index is 2600. The van der Waals surface area contributed by atoms with Crippen molar-refractivity contribution in [1.82, 2.24) is 9.97 Å². The van der Waals surface area contributed by atoms with Gasteiger partial charge in [-0.15, -0.1) is 58.3 Å². The summed E-state index contributed by atoms with van der Waals surface area (Å²) in [6.07, 6.45) is 13.3. The SMILES string of the molecule is CCC(CC)C(=O)/C=C(\O)C(CC)CC.CCC(CC)C(=O)/C=C(\O)C(CC)CC.Fc1ccc2cnc(-c3[c-]ccc4c3sc3c(-c5cc6cc(F)ccc6cn5)[c-]ccc34)cc2c1.[Pt].[Pt]. The maximum absolute atomic E-state index is 13.8. The third kappa shape index (κ3) is 14.3. The second-order valence-electron chi connectivity index (χ2n) is 16.4. The Morgan fingerprint density at radius 1 is 0.537 bits per heavy atom. The molecule has 0 atom stereocenters. The van der Waals surface area contributed by atoms with Gasteiger partial charge < -0.3 is 20.2 Å². The number of aliphatic hydroxyl groups excluding tert-OH is 2. The summed E-state index contributed by atoms with van der Waals surface area (Å²) in [5, 5.41) is 25.0. The summed E-state index contributed by atoms with van der Waals surface area (Å²) in [4.78, 5) is 32.7. The quantitative estimate of drug-likeness (QED) is 0.0568. The monoisotopic (exact) mass is 1290 g/mol. The van der Waals surface area contributed by atoms with Crippen LogP contribution >= 0.6 is 11.3 Å². The number of hydrogen-bond acceptors (Lipinski definition) is 7. The Balaban J connectivity index is 0.000000314. The van der Waals surface area contributed by atoms with Crippen molar-refractivity contribution < 1.29 is 70.7 Å². The second kappa shape index (κ2) is 27.5. The van der Waals surface area contributed by atoms with Crippen molar-refractivity contribution in [2.24, 2.45) is 23.7 Å². The standard InChI is InChI=1S/C30H14F2N2S.2C13H24O2.2Pt/c31-21-9-7-17-15-33-27(13-19(17)11-21)25-5-1-3-23-24-4-2-6-26(30(24)35-29(23)25)28-14-20-12-22(32)10-8-18(20)16-34-28;2*1-5-10(6-2)12(14)9-13(15)11(7-3)8-4;;/h1-4,7-16H;2*9-11,14H,5-8H2,1-4H3;;/q-2;;;;/b;2*12-9-;;. The van der Waals surface area contributed by atoms with E-state index in [1.807, 2.05) is 91.8 Å². The first-order valence-electron chi connectivity index (χ1n) is 23.1. The Kier molecular flexibility index (Phi) is 23.4. The van der Waals surface area contributed by atoms with E-state index in [1.165, 1.54) is 36.4 Å². The molecule has 67 heavy (non-hydrogen) atoms. The van der Waals surface area contributed by atoms with Gasteiger partial charge in [0.15, 0.2) is 11.6 Å². The number of rotatable bonds is 16. The number of aliphatic hydroxyl groups is 2. The summed E-state index contributed by atoms with van der Waals surface area (Å²) in [6.45, 7) is 16.1. The molecule has 0 spiro atoms. The van der Waals surface area contributed by atoms with Gasteiger partial charge in [-0.25, -0.2) is 20.1 Å². The van der Waals surface area contributed by atoms with Gasteiger partial charge >= 0.3 is 0 Å². The topological polar surface area (TPSA) is 100 Å². The van der Waals surface area contributed by atoms with Crippen LogP contribution in [0.2, 0.25) is 0 Å². The minimum Gasteiger partial charge on any atom is -0.512 e. The molecule has 4 aromatic carbocycles. The molecule has 0 radical (unpaired) electrons. The molecular formula is C56H62F2N2O4Pt2S-2. The normalized spacial score (nSPS) is 11.7. The molecule has 0 aliphatic heterocycles. The smallest absolute Gasteiger partial charge is 0.162 e. The first kappa shape index (κ1) is 56.9. The molecule has 0 saturated heterocycles. The molecule has 7 aromatic rings. The minimum atomic E-state index is -0.276. The molecule has 3 heterocycles. The van der Waals surface area contributed by atoms with Crippen LogP contribution in [0.25, 0.3) is 64.2 Å². The van der Waals surface area contributed by atoms with Crippen molar-refractivity contribution in [3.8, 4) is 22.5 Å². The van der Waals surface area contributed by atoms with Crippen molar-refractivity contribution in [3.63, 3.8) is 0 Å². The molecule has 0 aliphatic carbocycles. The number of allylic oxidation sites excluding steroid dienone is 4. The van der Waals surface area contributed by atoms with Crippen LogP contribution in [0.4, 0.5) is 8.78 Å². The number of carbonyl (C=O) groups excluding carboxylic acids is 2. The van der Waals surface area contributed by atoms with E-state index in [2.05, 4.69) is 22.1 Å². The van der Waals surface area contributed by atoms with Crippen LogP contribution in [-0.2, 0) is 51.7 Å². The summed E-state index contributed by atoms with van der Waals surface area (Å²) in [6, 6.07) is 27.8. The number of nitrogens with zero attached hydrogens (tertiary/aromatic N) is 2. The van der Waals surface area contributed by atoms with Crippen LogP contribution in [0.5, 0.6) is 0 Å². The molecule has 0 unspecified atom stereocenters. The largest absolute Gasteiger partial charge is 0.512 e. The van der Waals surface area contributed by atoms with Gasteiger partial charge in [-0.05, 0) is 121 Å². The zero-order chi connectivity index (χ0) is 47.2. The van der Waals surface area contributed by atoms with Gasteiger partial charge in [-0.1, -0.05) is 76.9 Å². The number of hydrogen-bond donors (Lipinski definition) is 2. The fourth-order valence-electron chi connectivity index (χ4n) is 8.14. The van der Waals surface area contributed by atoms with Crippen molar-refractivity contribution >= 4 is 64.6 Å². The third-order valence-corrected chi connectivity index (χ3v) is 13.7. The summed E-state index contributed by atoms with van der Waals surface area (Å²) in [7, 11) is 0. The van der Waals surface area contributed by atoms with E-state index < -0.39 is 0 Å². The molecule has 11 heteroatoms. The van der Waals surface area contributed by atoms with E-state index in [4.69, 9.17) is 0 Å². The number of aromatic nitrogens is 2. The molecule has 362 valence electrons. The number of carbonyl (C=O) groups is 2. The van der Waals surface area contributed by atoms with Gasteiger partial charge in [0.2, 0.25) is 0 Å². The van der Waals surface area contributed by atoms with Gasteiger partial charge in [0, 0.05) is 90.3 Å². The average Bonchev–Trinajstić information content (AvgIpc) is 3.70. The zero-order valence-corrected chi connectivity index (χ0v) is 45.0. The van der Waals surface area contributed by atoms with Gasteiger partial charge in [-0.3, -0.25) is 9.59 Å². The van der Waals surface area contributed by atoms with Gasteiger partial charge in [0.05, 0.1) is 11.5 Å². The van der Waals surface area contributed by atoms with Crippen LogP contribution < -0.4 is 0 Å². The Labute approximate surface area is 427 Å². The average molecular weight is 1290 g/mol. The van der Waals surface area contributed by atoms with Gasteiger partial charge in [0.25, 0.3) is 0 Å². The second-order valence-corrected chi connectivity index (χ2v) is 17.4. The molecule has 7 rings (SSSR count). The predicted octanol–water partition coefficient (Wildman–Crippen LogP) is 16.1. The number of thiophene rings is 1. The number of benzene rings is 4. The Hall–Kier alpha value is -4.42. The predicted molar refractivity (Wildman–Crippen MR) is 266 cm³/mol. The van der Waals surface area contributed by atoms with E-state index in [0.717, 1.165) is 116 Å². The first-order chi connectivity index (χ1) is 31.3. The first-order valence-corrected chi connectivity index (χ1v) is 23.9. The third-order valence-electron chi connectivity index (χ3n) is 12.4. The van der Waals surface area contributed by atoms with E-state index in [0.29, 0.717) is 0 Å². The van der Waals surface area contributed by atoms with Gasteiger partial charge in [0.1, 0.15) is 11.6 Å². The van der Waals surface area contributed by atoms with Crippen LogP contribution in [0, 0.1) is 47.4 Å². The molecule has 2 N–H and O–H groups in total. The van der Waals surface area contributed by atoms with Crippen LogP contribution in [0.15, 0.2) is 109 Å². The molecule has 3 aromatic heterocycles. The van der Waals surface area contributed by atoms with E-state index >= 15 is 0 Å². The maximum Gasteiger partial charge on any atom is 0.162 e. The number of ketones is 2. The van der Waals surface area contributed by atoms with E-state index in [1.54, 1.807) is 35.9 Å². The molecule has 0 amide bonds. The molecule has 0 aliphatic rings. The Morgan fingerprint density at radius 2 is 0.881 bits per heavy atom.